The number of hydrogen-bond donors (Lipinski definition) is 2. The second-order valence-electron chi connectivity index (χ2n) is 5.92. The van der Waals surface area contributed by atoms with Gasteiger partial charge in [0.1, 0.15) is 17.1 Å². The summed E-state index contributed by atoms with van der Waals surface area (Å²) in [6.07, 6.45) is 3.95. The largest absolute Gasteiger partial charge is 0.481 e. The van der Waals surface area contributed by atoms with Crippen LogP contribution in [0.5, 0.6) is 11.6 Å². The average Bonchev–Trinajstić information content (AvgIpc) is 3.17. The fourth-order valence-corrected chi connectivity index (χ4v) is 2.55. The summed E-state index contributed by atoms with van der Waals surface area (Å²) in [7, 11) is 1.54. The molecule has 0 spiro atoms. The van der Waals surface area contributed by atoms with Crippen LogP contribution in [0.3, 0.4) is 0 Å². The number of aromatic nitrogens is 2. The van der Waals surface area contributed by atoms with Gasteiger partial charge in [-0.15, -0.1) is 0 Å². The maximum Gasteiger partial charge on any atom is 0.245 e. The Bertz CT molecular complexity index is 932. The van der Waals surface area contributed by atoms with Crippen LogP contribution in [0.4, 0.5) is 0 Å². The van der Waals surface area contributed by atoms with Crippen molar-refractivity contribution in [3.63, 3.8) is 0 Å². The molecule has 0 amide bonds. The third-order valence-electron chi connectivity index (χ3n) is 3.86. The molecule has 138 valence electrons. The number of ether oxygens (including phenoxy) is 2. The van der Waals surface area contributed by atoms with E-state index in [0.29, 0.717) is 23.2 Å². The lowest BCUT2D eigenvalue weighted by Gasteiger charge is -2.08. The predicted octanol–water partition coefficient (Wildman–Crippen LogP) is 4.22. The zero-order valence-electron chi connectivity index (χ0n) is 15.4. The van der Waals surface area contributed by atoms with Crippen molar-refractivity contribution in [2.75, 3.05) is 7.11 Å². The van der Waals surface area contributed by atoms with Gasteiger partial charge < -0.3 is 14.5 Å². The van der Waals surface area contributed by atoms with Crippen molar-refractivity contribution in [1.82, 2.24) is 9.97 Å². The summed E-state index contributed by atoms with van der Waals surface area (Å²) in [6, 6.07) is 16.6. The topological polar surface area (TPSA) is 83.4 Å². The van der Waals surface area contributed by atoms with E-state index in [1.807, 2.05) is 42.6 Å². The third-order valence-corrected chi connectivity index (χ3v) is 3.86. The molecule has 0 saturated heterocycles. The van der Waals surface area contributed by atoms with Crippen LogP contribution in [-0.2, 0) is 6.42 Å². The molecule has 0 unspecified atom stereocenters. The van der Waals surface area contributed by atoms with Crippen LogP contribution in [0.25, 0.3) is 0 Å². The quantitative estimate of drug-likeness (QED) is 0.509. The van der Waals surface area contributed by atoms with Crippen molar-refractivity contribution in [2.24, 2.45) is 4.99 Å². The van der Waals surface area contributed by atoms with Crippen molar-refractivity contribution in [1.29, 1.82) is 5.41 Å². The first-order chi connectivity index (χ1) is 13.2. The lowest BCUT2D eigenvalue weighted by Crippen LogP contribution is -2.14. The van der Waals surface area contributed by atoms with Crippen LogP contribution < -0.4 is 9.47 Å². The van der Waals surface area contributed by atoms with Crippen molar-refractivity contribution < 1.29 is 9.47 Å². The van der Waals surface area contributed by atoms with Crippen LogP contribution >= 0.6 is 0 Å². The van der Waals surface area contributed by atoms with Crippen molar-refractivity contribution >= 4 is 11.7 Å². The highest BCUT2D eigenvalue weighted by Gasteiger charge is 2.13. The van der Waals surface area contributed by atoms with E-state index >= 15 is 0 Å². The van der Waals surface area contributed by atoms with Gasteiger partial charge in [0.15, 0.2) is 5.84 Å². The van der Waals surface area contributed by atoms with Crippen LogP contribution in [0.1, 0.15) is 30.3 Å². The molecule has 0 fully saturated rings. The van der Waals surface area contributed by atoms with E-state index in [1.54, 1.807) is 18.2 Å². The van der Waals surface area contributed by atoms with Gasteiger partial charge in [-0.2, -0.15) is 4.99 Å². The second-order valence-corrected chi connectivity index (χ2v) is 5.92. The minimum Gasteiger partial charge on any atom is -0.481 e. The highest BCUT2D eigenvalue weighted by molar-refractivity contribution is 6.07. The van der Waals surface area contributed by atoms with Gasteiger partial charge in [-0.1, -0.05) is 37.6 Å². The Balaban J connectivity index is 1.94. The third kappa shape index (κ3) is 4.82. The van der Waals surface area contributed by atoms with Gasteiger partial charge in [0.05, 0.1) is 7.11 Å². The van der Waals surface area contributed by atoms with E-state index in [-0.39, 0.29) is 5.84 Å². The first-order valence-electron chi connectivity index (χ1n) is 8.79. The molecule has 0 saturated carbocycles. The van der Waals surface area contributed by atoms with Crippen molar-refractivity contribution in [3.05, 3.63) is 77.7 Å². The summed E-state index contributed by atoms with van der Waals surface area (Å²) in [5.74, 6) is 1.39. The minimum atomic E-state index is -0.00790. The standard InChI is InChI=1S/C21H22N4O2/c1-3-8-15-13-18(23-14-15)21(27-16-9-5-4-6-10-16)25-20(22)17-11-7-12-19(24-17)26-2/h4-7,9-14,22-23H,3,8H2,1-2H3/b22-20?,25-21+. The number of amidine groups is 1. The monoisotopic (exact) mass is 362 g/mol. The average molecular weight is 362 g/mol. The predicted molar refractivity (Wildman–Crippen MR) is 106 cm³/mol. The van der Waals surface area contributed by atoms with E-state index in [2.05, 4.69) is 21.9 Å². The molecule has 1 aromatic carbocycles. The van der Waals surface area contributed by atoms with Crippen LogP contribution in [0.2, 0.25) is 0 Å². The fourth-order valence-electron chi connectivity index (χ4n) is 2.55. The summed E-state index contributed by atoms with van der Waals surface area (Å²) >= 11 is 0. The molecule has 3 rings (SSSR count). The lowest BCUT2D eigenvalue weighted by atomic mass is 10.2. The Morgan fingerprint density at radius 1 is 1.15 bits per heavy atom. The number of nitrogens with one attached hydrogen (secondary N) is 2. The van der Waals surface area contributed by atoms with E-state index in [0.717, 1.165) is 18.5 Å². The van der Waals surface area contributed by atoms with Crippen molar-refractivity contribution in [2.45, 2.75) is 19.8 Å². The zero-order chi connectivity index (χ0) is 19.1. The first kappa shape index (κ1) is 18.4. The molecule has 0 atom stereocenters. The maximum absolute atomic E-state index is 8.34. The number of aryl methyl sites for hydroxylation is 1. The number of nitrogens with zero attached hydrogens (tertiary/aromatic N) is 2. The van der Waals surface area contributed by atoms with Crippen LogP contribution in [-0.4, -0.2) is 28.8 Å². The molecule has 2 heterocycles. The number of aromatic amines is 1. The molecule has 27 heavy (non-hydrogen) atoms. The molecule has 0 aliphatic carbocycles. The van der Waals surface area contributed by atoms with E-state index in [1.165, 1.54) is 12.7 Å². The SMILES string of the molecule is CCCc1c[nH]c(/C(=N\C(=N)c2cccc(OC)n2)Oc2ccccc2)c1. The maximum atomic E-state index is 8.34. The van der Waals surface area contributed by atoms with Gasteiger partial charge in [0.25, 0.3) is 0 Å². The Kier molecular flexibility index (Phi) is 5.99. The summed E-state index contributed by atoms with van der Waals surface area (Å²) in [4.78, 5) is 11.8. The number of pyridine rings is 1. The van der Waals surface area contributed by atoms with Gasteiger partial charge in [-0.25, -0.2) is 4.98 Å². The Morgan fingerprint density at radius 3 is 2.70 bits per heavy atom. The summed E-state index contributed by atoms with van der Waals surface area (Å²) in [6.45, 7) is 2.13. The summed E-state index contributed by atoms with van der Waals surface area (Å²) in [5, 5.41) is 8.34. The molecule has 3 aromatic rings. The number of rotatable bonds is 6. The van der Waals surface area contributed by atoms with E-state index < -0.39 is 0 Å². The highest BCUT2D eigenvalue weighted by atomic mass is 16.5. The van der Waals surface area contributed by atoms with Gasteiger partial charge in [0, 0.05) is 12.3 Å². The van der Waals surface area contributed by atoms with Gasteiger partial charge in [0.2, 0.25) is 11.8 Å². The Labute approximate surface area is 158 Å². The molecule has 2 aromatic heterocycles. The number of benzene rings is 1. The molecule has 2 N–H and O–H groups in total. The van der Waals surface area contributed by atoms with Crippen LogP contribution in [0.15, 0.2) is 65.8 Å². The number of methoxy groups -OCH3 is 1. The van der Waals surface area contributed by atoms with E-state index in [9.17, 15) is 0 Å². The highest BCUT2D eigenvalue weighted by Crippen LogP contribution is 2.15. The minimum absolute atomic E-state index is 0.00790. The summed E-state index contributed by atoms with van der Waals surface area (Å²) < 4.78 is 11.1. The second kappa shape index (κ2) is 8.80. The number of para-hydroxylation sites is 1. The van der Waals surface area contributed by atoms with Gasteiger partial charge in [-0.3, -0.25) is 5.41 Å². The molecule has 0 aliphatic heterocycles. The normalized spacial score (nSPS) is 11.3. The number of H-pyrrole nitrogens is 1. The first-order valence-corrected chi connectivity index (χ1v) is 8.79. The molecule has 0 radical (unpaired) electrons. The molecule has 0 bridgehead atoms. The number of aliphatic imine (C=N–C) groups is 1. The molecule has 0 aliphatic rings. The Morgan fingerprint density at radius 2 is 1.96 bits per heavy atom. The smallest absolute Gasteiger partial charge is 0.245 e. The molecular formula is C21H22N4O2. The van der Waals surface area contributed by atoms with Crippen molar-refractivity contribution in [3.8, 4) is 11.6 Å². The summed E-state index contributed by atoms with van der Waals surface area (Å²) in [5.41, 5.74) is 2.29. The molecular weight excluding hydrogens is 340 g/mol. The van der Waals surface area contributed by atoms with Gasteiger partial charge in [-0.05, 0) is 36.2 Å². The fraction of sp³-hybridized carbons (Fsp3) is 0.190. The molecule has 6 nitrogen and oxygen atoms in total. The van der Waals surface area contributed by atoms with Gasteiger partial charge >= 0.3 is 0 Å². The van der Waals surface area contributed by atoms with E-state index in [4.69, 9.17) is 14.9 Å². The zero-order valence-corrected chi connectivity index (χ0v) is 15.4. The molecule has 6 heteroatoms. The van der Waals surface area contributed by atoms with Crippen LogP contribution in [0, 0.1) is 5.41 Å². The number of hydrogen-bond acceptors (Lipinski definition) is 4. The Hall–Kier alpha value is -3.41. The lowest BCUT2D eigenvalue weighted by molar-refractivity contribution is 0.397.